The van der Waals surface area contributed by atoms with Gasteiger partial charge in [-0.2, -0.15) is 0 Å². The maximum Gasteiger partial charge on any atom is 0.335 e. The summed E-state index contributed by atoms with van der Waals surface area (Å²) in [6.45, 7) is -2.04. The second kappa shape index (κ2) is 13.7. The summed E-state index contributed by atoms with van der Waals surface area (Å²) < 4.78 is 10.6. The van der Waals surface area contributed by atoms with Crippen molar-refractivity contribution in [1.29, 1.82) is 0 Å². The van der Waals surface area contributed by atoms with Gasteiger partial charge in [-0.25, -0.2) is 4.79 Å². The van der Waals surface area contributed by atoms with Gasteiger partial charge < -0.3 is 14.8 Å². The van der Waals surface area contributed by atoms with Crippen molar-refractivity contribution >= 4 is 57.4 Å². The van der Waals surface area contributed by atoms with Crippen LogP contribution in [0.5, 0.6) is 0 Å². The van der Waals surface area contributed by atoms with Gasteiger partial charge in [0.1, 0.15) is 17.6 Å². The molecule has 0 heterocycles. The van der Waals surface area contributed by atoms with Gasteiger partial charge >= 0.3 is 11.9 Å². The largest absolute Gasteiger partial charge is 0.469 e. The van der Waals surface area contributed by atoms with Crippen molar-refractivity contribution in [2.24, 2.45) is 11.8 Å². The number of nitrogens with one attached hydrogen (secondary N) is 1. The molecule has 0 aliphatic carbocycles. The van der Waals surface area contributed by atoms with Crippen LogP contribution in [0, 0.1) is 11.8 Å². The third kappa shape index (κ3) is 5.97. The molecular weight excluding hydrogens is 549 g/mol. The zero-order valence-electron chi connectivity index (χ0n) is 23.6. The molecule has 0 aliphatic rings. The normalized spacial score (nSPS) is 12.4. The van der Waals surface area contributed by atoms with Crippen LogP contribution in [-0.2, 0) is 28.7 Å². The number of rotatable bonds is 10. The van der Waals surface area contributed by atoms with Crippen molar-refractivity contribution in [3.63, 3.8) is 0 Å². The van der Waals surface area contributed by atoms with Crippen LogP contribution in [0.3, 0.4) is 0 Å². The van der Waals surface area contributed by atoms with Crippen LogP contribution in [0.25, 0.3) is 0 Å². The summed E-state index contributed by atoms with van der Waals surface area (Å²) in [5, 5.41) is 4.95. The highest BCUT2D eigenvalue weighted by Crippen LogP contribution is 2.49. The summed E-state index contributed by atoms with van der Waals surface area (Å²) in [4.78, 5) is 55.3. The molecule has 0 aromatic heterocycles. The van der Waals surface area contributed by atoms with Crippen molar-refractivity contribution in [2.45, 2.75) is 6.92 Å². The monoisotopic (exact) mass is 581 g/mol. The molecule has 1 amide bonds. The Labute approximate surface area is 245 Å². The first-order valence-corrected chi connectivity index (χ1v) is 15.1. The van der Waals surface area contributed by atoms with Crippen LogP contribution in [0.1, 0.15) is 6.92 Å². The van der Waals surface area contributed by atoms with E-state index in [0.29, 0.717) is 5.69 Å². The van der Waals surface area contributed by atoms with Gasteiger partial charge in [-0.05, 0) is 41.9 Å². The lowest BCUT2D eigenvalue weighted by molar-refractivity contribution is -0.150. The van der Waals surface area contributed by atoms with Gasteiger partial charge in [0.05, 0.1) is 19.5 Å². The number of methoxy groups -OCH3 is 2. The number of Topliss-reactive ketones (excluding diaryl/α,β-unsaturated/α-hetero) is 1. The second-order valence-electron chi connectivity index (χ2n) is 9.50. The lowest BCUT2D eigenvalue weighted by Gasteiger charge is -2.35. The Morgan fingerprint density at radius 3 is 1.36 bits per heavy atom. The Hall–Kier alpha value is -4.74. The molecule has 0 saturated carbocycles. The Morgan fingerprint density at radius 1 is 0.595 bits per heavy atom. The lowest BCUT2D eigenvalue weighted by atomic mass is 9.85. The molecule has 0 aliphatic heterocycles. The van der Waals surface area contributed by atoms with Crippen LogP contribution < -0.4 is 21.2 Å². The fourth-order valence-electron chi connectivity index (χ4n) is 5.24. The second-order valence-corrected chi connectivity index (χ2v) is 12.9. The van der Waals surface area contributed by atoms with Gasteiger partial charge in [0, 0.05) is 5.69 Å². The number of para-hydroxylation sites is 1. The first-order valence-electron chi connectivity index (χ1n) is 13.3. The van der Waals surface area contributed by atoms with E-state index in [1.54, 1.807) is 30.3 Å². The molecule has 0 bridgehead atoms. The summed E-state index contributed by atoms with van der Waals surface area (Å²) in [6.07, 6.45) is 0. The highest BCUT2D eigenvalue weighted by Gasteiger charge is 2.48. The number of carbonyl (C=O) groups excluding carboxylic acids is 4. The number of hydrogen-bond acceptors (Lipinski definition) is 6. The summed E-state index contributed by atoms with van der Waals surface area (Å²) >= 11 is 0. The van der Waals surface area contributed by atoms with E-state index >= 15 is 0 Å². The van der Waals surface area contributed by atoms with Crippen molar-refractivity contribution < 1.29 is 28.7 Å². The molecule has 0 fully saturated rings. The highest BCUT2D eigenvalue weighted by atomic mass is 31.2. The first kappa shape index (κ1) is 30.2. The van der Waals surface area contributed by atoms with E-state index < -0.39 is 42.4 Å². The molecule has 2 atom stereocenters. The minimum absolute atomic E-state index is 0.0103. The van der Waals surface area contributed by atoms with Gasteiger partial charge in [0.25, 0.3) is 0 Å². The topological polar surface area (TPSA) is 98.8 Å². The van der Waals surface area contributed by atoms with Gasteiger partial charge in [-0.3, -0.25) is 14.4 Å². The van der Waals surface area contributed by atoms with E-state index in [1.807, 2.05) is 91.0 Å². The zero-order chi connectivity index (χ0) is 30.1. The average Bonchev–Trinajstić information content (AvgIpc) is 3.03. The maximum absolute atomic E-state index is 14.2. The van der Waals surface area contributed by atoms with E-state index in [2.05, 4.69) is 5.32 Å². The smallest absolute Gasteiger partial charge is 0.335 e. The molecule has 4 rings (SSSR count). The number of anilines is 1. The van der Waals surface area contributed by atoms with E-state index in [4.69, 9.17) is 9.47 Å². The van der Waals surface area contributed by atoms with Crippen LogP contribution in [0.2, 0.25) is 0 Å². The Balaban J connectivity index is 2.21. The van der Waals surface area contributed by atoms with Crippen molar-refractivity contribution in [3.05, 3.63) is 121 Å². The number of benzene rings is 4. The maximum atomic E-state index is 14.2. The van der Waals surface area contributed by atoms with Crippen LogP contribution in [-0.4, -0.2) is 43.1 Å². The Morgan fingerprint density at radius 2 is 1.00 bits per heavy atom. The standard InChI is InChI=1S/C34H32NO6P/c1-24(36)29(32(37)35-25-16-8-4-9-17-25)30(33(38)40-2)31(34(39)41-3)42(26-18-10-5-11-19-26,27-20-12-6-13-21-27)28-22-14-7-15-23-28/h4-23,29-30H,1-3H3,(H,35,37). The van der Waals surface area contributed by atoms with E-state index in [0.717, 1.165) is 15.9 Å². The van der Waals surface area contributed by atoms with Crippen molar-refractivity contribution in [3.8, 4) is 0 Å². The molecule has 1 N–H and O–H groups in total. The fourth-order valence-corrected chi connectivity index (χ4v) is 9.86. The van der Waals surface area contributed by atoms with Crippen molar-refractivity contribution in [1.82, 2.24) is 0 Å². The van der Waals surface area contributed by atoms with Gasteiger partial charge in [0.15, 0.2) is 0 Å². The molecule has 42 heavy (non-hydrogen) atoms. The highest BCUT2D eigenvalue weighted by molar-refractivity contribution is 7.96. The van der Waals surface area contributed by atoms with Gasteiger partial charge in [-0.15, -0.1) is 0 Å². The molecule has 7 nitrogen and oxygen atoms in total. The van der Waals surface area contributed by atoms with E-state index in [1.165, 1.54) is 21.1 Å². The third-order valence-corrected chi connectivity index (χ3v) is 11.4. The number of esters is 2. The lowest BCUT2D eigenvalue weighted by Crippen LogP contribution is -2.48. The minimum Gasteiger partial charge on any atom is -0.469 e. The third-order valence-electron chi connectivity index (χ3n) is 7.03. The molecule has 2 unspecified atom stereocenters. The number of ether oxygens (including phenoxy) is 2. The van der Waals surface area contributed by atoms with Gasteiger partial charge in [0.2, 0.25) is 5.91 Å². The summed E-state index contributed by atoms with van der Waals surface area (Å²) in [5.41, 5.74) is 0.437. The SMILES string of the molecule is COC(=O)C(C(C(=O)OC)C(C(C)=O)C(=O)Nc1ccccc1)=P(c1ccccc1)(c1ccccc1)c1ccccc1. The molecule has 0 radical (unpaired) electrons. The number of hydrogen-bond donors (Lipinski definition) is 1. The molecular formula is C34H32NO6P. The number of amides is 1. The zero-order valence-corrected chi connectivity index (χ0v) is 24.5. The molecule has 8 heteroatoms. The molecule has 4 aromatic carbocycles. The van der Waals surface area contributed by atoms with Crippen molar-refractivity contribution in [2.75, 3.05) is 19.5 Å². The number of carbonyl (C=O) groups is 4. The summed E-state index contributed by atoms with van der Waals surface area (Å²) in [5.74, 6) is -6.25. The predicted molar refractivity (Wildman–Crippen MR) is 167 cm³/mol. The molecule has 4 aromatic rings. The first-order chi connectivity index (χ1) is 20.4. The molecule has 0 spiro atoms. The van der Waals surface area contributed by atoms with E-state index in [9.17, 15) is 19.2 Å². The van der Waals surface area contributed by atoms with Crippen LogP contribution in [0.15, 0.2) is 121 Å². The quantitative estimate of drug-likeness (QED) is 0.173. The molecule has 0 saturated heterocycles. The predicted octanol–water partition coefficient (Wildman–Crippen LogP) is 3.96. The average molecular weight is 582 g/mol. The number of ketones is 1. The summed E-state index contributed by atoms with van der Waals surface area (Å²) in [7, 11) is 2.39. The molecule has 214 valence electrons. The fraction of sp³-hybridized carbons (Fsp3) is 0.147. The Kier molecular flexibility index (Phi) is 9.89. The Bertz CT molecular complexity index is 1500. The van der Waals surface area contributed by atoms with Crippen LogP contribution >= 0.6 is 6.89 Å². The minimum atomic E-state index is -3.27. The van der Waals surface area contributed by atoms with Crippen LogP contribution in [0.4, 0.5) is 5.69 Å². The van der Waals surface area contributed by atoms with Gasteiger partial charge in [-0.1, -0.05) is 109 Å². The van der Waals surface area contributed by atoms with E-state index in [-0.39, 0.29) is 5.29 Å². The summed E-state index contributed by atoms with van der Waals surface area (Å²) in [6, 6.07) is 36.6.